The van der Waals surface area contributed by atoms with E-state index in [0.29, 0.717) is 6.61 Å². The van der Waals surface area contributed by atoms with Crippen molar-refractivity contribution in [2.45, 2.75) is 173 Å². The average Bonchev–Trinajstić information content (AvgIpc) is 3.16. The minimum Gasteiger partial charge on any atom is -0.457 e. The number of aliphatic hydroxyl groups excluding tert-OH is 4. The van der Waals surface area contributed by atoms with Crippen molar-refractivity contribution in [1.82, 2.24) is 0 Å². The molecule has 9 heteroatoms. The van der Waals surface area contributed by atoms with Crippen molar-refractivity contribution in [3.63, 3.8) is 0 Å². The van der Waals surface area contributed by atoms with Gasteiger partial charge < -0.3 is 39.4 Å². The van der Waals surface area contributed by atoms with Gasteiger partial charge >= 0.3 is 5.97 Å². The molecular formula is C44H74O9. The van der Waals surface area contributed by atoms with Crippen LogP contribution in [0.25, 0.3) is 0 Å². The summed E-state index contributed by atoms with van der Waals surface area (Å²) in [6, 6.07) is 0. The van der Waals surface area contributed by atoms with Gasteiger partial charge in [-0.05, 0) is 77.0 Å². The standard InChI is InChI=1S/C44H74O9/c1-3-5-7-9-11-13-15-17-19-20-22-24-26-28-30-32-34-50-36-38(37-51-44-43(49)42(48)41(47)39(35-45)53-44)52-40(46)33-31-29-27-25-23-21-18-16-14-12-10-8-6-4-2/h5,7,10-13,16-19,22,24,38-39,41-45,47-49H,3-4,6,8-9,14-15,20-21,23,25-37H2,1-2H3/b7-5-,12-10-,13-11-,18-16-,19-17-,24-22-. The third-order valence-electron chi connectivity index (χ3n) is 8.86. The van der Waals surface area contributed by atoms with Gasteiger partial charge in [0.25, 0.3) is 0 Å². The summed E-state index contributed by atoms with van der Waals surface area (Å²) in [4.78, 5) is 12.7. The quantitative estimate of drug-likeness (QED) is 0.0296. The molecule has 1 fully saturated rings. The summed E-state index contributed by atoms with van der Waals surface area (Å²) in [6.45, 7) is 4.28. The highest BCUT2D eigenvalue weighted by molar-refractivity contribution is 5.69. The van der Waals surface area contributed by atoms with E-state index in [-0.39, 0.29) is 25.6 Å². The summed E-state index contributed by atoms with van der Waals surface area (Å²) in [6.07, 6.45) is 37.8. The first-order valence-electron chi connectivity index (χ1n) is 20.5. The fourth-order valence-electron chi connectivity index (χ4n) is 5.61. The first kappa shape index (κ1) is 48.6. The number of rotatable bonds is 33. The number of carbonyl (C=O) groups is 1. The number of allylic oxidation sites excluding steroid dienone is 12. The lowest BCUT2D eigenvalue weighted by Crippen LogP contribution is -2.59. The van der Waals surface area contributed by atoms with E-state index in [1.54, 1.807) is 0 Å². The number of carbonyl (C=O) groups excluding carboxylic acids is 1. The average molecular weight is 747 g/mol. The molecule has 6 atom stereocenters. The molecule has 0 amide bonds. The van der Waals surface area contributed by atoms with Gasteiger partial charge in [0.2, 0.25) is 0 Å². The highest BCUT2D eigenvalue weighted by atomic mass is 16.7. The van der Waals surface area contributed by atoms with Gasteiger partial charge in [0, 0.05) is 13.0 Å². The minimum absolute atomic E-state index is 0.113. The second-order valence-electron chi connectivity index (χ2n) is 13.7. The normalized spacial score (nSPS) is 21.8. The molecule has 1 aliphatic rings. The molecule has 6 unspecified atom stereocenters. The lowest BCUT2D eigenvalue weighted by Gasteiger charge is -2.39. The van der Waals surface area contributed by atoms with Crippen LogP contribution >= 0.6 is 0 Å². The molecule has 0 bridgehead atoms. The molecule has 53 heavy (non-hydrogen) atoms. The second kappa shape index (κ2) is 35.3. The van der Waals surface area contributed by atoms with Crippen molar-refractivity contribution < 1.29 is 44.2 Å². The first-order chi connectivity index (χ1) is 25.9. The third kappa shape index (κ3) is 27.0. The Morgan fingerprint density at radius 2 is 1.15 bits per heavy atom. The summed E-state index contributed by atoms with van der Waals surface area (Å²) in [5, 5.41) is 40.0. The van der Waals surface area contributed by atoms with Crippen LogP contribution in [0.3, 0.4) is 0 Å². The van der Waals surface area contributed by atoms with Crippen LogP contribution in [0.2, 0.25) is 0 Å². The zero-order valence-electron chi connectivity index (χ0n) is 33.0. The Balaban J connectivity index is 2.35. The molecule has 9 nitrogen and oxygen atoms in total. The molecule has 0 aromatic carbocycles. The Labute approximate surface area is 321 Å². The maximum atomic E-state index is 12.7. The molecule has 1 heterocycles. The topological polar surface area (TPSA) is 135 Å². The Bertz CT molecular complexity index is 1030. The monoisotopic (exact) mass is 747 g/mol. The number of hydrogen-bond donors (Lipinski definition) is 4. The van der Waals surface area contributed by atoms with E-state index in [4.69, 9.17) is 18.9 Å². The fraction of sp³-hybridized carbons (Fsp3) is 0.705. The van der Waals surface area contributed by atoms with Crippen LogP contribution in [-0.2, 0) is 23.7 Å². The van der Waals surface area contributed by atoms with Gasteiger partial charge in [0.1, 0.15) is 30.5 Å². The van der Waals surface area contributed by atoms with Crippen molar-refractivity contribution in [1.29, 1.82) is 0 Å². The predicted molar refractivity (Wildman–Crippen MR) is 214 cm³/mol. The first-order valence-corrected chi connectivity index (χ1v) is 20.5. The minimum atomic E-state index is -1.55. The molecule has 0 aromatic rings. The van der Waals surface area contributed by atoms with E-state index in [1.807, 2.05) is 0 Å². The summed E-state index contributed by atoms with van der Waals surface area (Å²) in [5.41, 5.74) is 0. The van der Waals surface area contributed by atoms with E-state index >= 15 is 0 Å². The molecule has 304 valence electrons. The maximum Gasteiger partial charge on any atom is 0.306 e. The van der Waals surface area contributed by atoms with Crippen molar-refractivity contribution in [3.8, 4) is 0 Å². The van der Waals surface area contributed by atoms with Crippen LogP contribution < -0.4 is 0 Å². The molecule has 1 rings (SSSR count). The van der Waals surface area contributed by atoms with Gasteiger partial charge in [-0.15, -0.1) is 0 Å². The van der Waals surface area contributed by atoms with Gasteiger partial charge in [0.05, 0.1) is 19.8 Å². The lowest BCUT2D eigenvalue weighted by atomic mass is 9.99. The number of aliphatic hydroxyl groups is 4. The molecule has 0 spiro atoms. The summed E-state index contributed by atoms with van der Waals surface area (Å²) in [5.74, 6) is -0.344. The fourth-order valence-corrected chi connectivity index (χ4v) is 5.61. The molecule has 0 saturated carbocycles. The molecule has 1 aliphatic heterocycles. The molecule has 0 aromatic heterocycles. The summed E-state index contributed by atoms with van der Waals surface area (Å²) >= 11 is 0. The zero-order valence-corrected chi connectivity index (χ0v) is 33.0. The second-order valence-corrected chi connectivity index (χ2v) is 13.7. The Hall–Kier alpha value is -2.37. The largest absolute Gasteiger partial charge is 0.457 e. The molecule has 1 saturated heterocycles. The SMILES string of the molecule is CC/C=C\C/C=C\C/C=C\C/C=C\CCCCCOCC(COC1OC(CO)C(O)C(O)C1O)OC(=O)CCCCCCC/C=C\C/C=C\CCCC. The van der Waals surface area contributed by atoms with Crippen LogP contribution in [0, 0.1) is 0 Å². The van der Waals surface area contributed by atoms with Crippen LogP contribution in [0.5, 0.6) is 0 Å². The van der Waals surface area contributed by atoms with E-state index < -0.39 is 43.4 Å². The summed E-state index contributed by atoms with van der Waals surface area (Å²) < 4.78 is 22.7. The van der Waals surface area contributed by atoms with Crippen LogP contribution in [0.15, 0.2) is 72.9 Å². The van der Waals surface area contributed by atoms with E-state index in [2.05, 4.69) is 86.8 Å². The van der Waals surface area contributed by atoms with Crippen molar-refractivity contribution in [3.05, 3.63) is 72.9 Å². The Morgan fingerprint density at radius 1 is 0.623 bits per heavy atom. The molecular weight excluding hydrogens is 672 g/mol. The molecule has 4 N–H and O–H groups in total. The van der Waals surface area contributed by atoms with E-state index in [1.165, 1.54) is 12.8 Å². The number of ether oxygens (including phenoxy) is 4. The lowest BCUT2D eigenvalue weighted by molar-refractivity contribution is -0.305. The van der Waals surface area contributed by atoms with Gasteiger partial charge in [-0.2, -0.15) is 0 Å². The van der Waals surface area contributed by atoms with Crippen molar-refractivity contribution >= 4 is 5.97 Å². The van der Waals surface area contributed by atoms with Gasteiger partial charge in [0.15, 0.2) is 6.29 Å². The van der Waals surface area contributed by atoms with Gasteiger partial charge in [-0.25, -0.2) is 0 Å². The smallest absolute Gasteiger partial charge is 0.306 e. The molecule has 0 radical (unpaired) electrons. The highest BCUT2D eigenvalue weighted by Crippen LogP contribution is 2.22. The van der Waals surface area contributed by atoms with Gasteiger partial charge in [-0.1, -0.05) is 125 Å². The van der Waals surface area contributed by atoms with Crippen LogP contribution in [-0.4, -0.2) is 89.6 Å². The molecule has 0 aliphatic carbocycles. The Kier molecular flexibility index (Phi) is 32.4. The van der Waals surface area contributed by atoms with E-state index in [9.17, 15) is 25.2 Å². The summed E-state index contributed by atoms with van der Waals surface area (Å²) in [7, 11) is 0. The Morgan fingerprint density at radius 3 is 1.74 bits per heavy atom. The number of unbranched alkanes of at least 4 members (excludes halogenated alkanes) is 10. The van der Waals surface area contributed by atoms with Gasteiger partial charge in [-0.3, -0.25) is 4.79 Å². The predicted octanol–water partition coefficient (Wildman–Crippen LogP) is 8.52. The number of hydrogen-bond acceptors (Lipinski definition) is 9. The van der Waals surface area contributed by atoms with Crippen molar-refractivity contribution in [2.24, 2.45) is 0 Å². The van der Waals surface area contributed by atoms with Crippen LogP contribution in [0.4, 0.5) is 0 Å². The maximum absolute atomic E-state index is 12.7. The van der Waals surface area contributed by atoms with E-state index in [0.717, 1.165) is 103 Å². The third-order valence-corrected chi connectivity index (χ3v) is 8.86. The van der Waals surface area contributed by atoms with Crippen LogP contribution in [0.1, 0.15) is 136 Å². The highest BCUT2D eigenvalue weighted by Gasteiger charge is 2.44. The zero-order chi connectivity index (χ0) is 38.6. The van der Waals surface area contributed by atoms with Crippen molar-refractivity contribution in [2.75, 3.05) is 26.4 Å². The number of esters is 1.